The van der Waals surface area contributed by atoms with Gasteiger partial charge in [0.15, 0.2) is 5.89 Å². The Morgan fingerprint density at radius 1 is 1.50 bits per heavy atom. The summed E-state index contributed by atoms with van der Waals surface area (Å²) in [5.74, 6) is 2.02. The molecule has 3 nitrogen and oxygen atoms in total. The minimum absolute atomic E-state index is 0.396. The number of aryl methyl sites for hydroxylation is 1. The van der Waals surface area contributed by atoms with E-state index in [9.17, 15) is 0 Å². The predicted molar refractivity (Wildman–Crippen MR) is 47.9 cm³/mol. The summed E-state index contributed by atoms with van der Waals surface area (Å²) in [6, 6.07) is 0. The molecule has 1 aromatic heterocycles. The SMILES string of the molecule is CCc1nc(C(C)C)c(CN)o1. The number of oxazole rings is 1. The molecule has 68 valence electrons. The third kappa shape index (κ3) is 1.67. The third-order valence-electron chi connectivity index (χ3n) is 1.81. The molecule has 0 saturated carbocycles. The Labute approximate surface area is 73.0 Å². The Balaban J connectivity index is 3.00. The van der Waals surface area contributed by atoms with E-state index in [0.29, 0.717) is 12.5 Å². The maximum Gasteiger partial charge on any atom is 0.194 e. The lowest BCUT2D eigenvalue weighted by Crippen LogP contribution is -2.00. The van der Waals surface area contributed by atoms with Crippen LogP contribution in [-0.4, -0.2) is 4.98 Å². The zero-order valence-electron chi connectivity index (χ0n) is 7.92. The molecule has 0 amide bonds. The summed E-state index contributed by atoms with van der Waals surface area (Å²) in [5.41, 5.74) is 6.53. The Morgan fingerprint density at radius 2 is 2.17 bits per heavy atom. The number of hydrogen-bond acceptors (Lipinski definition) is 3. The average Bonchev–Trinajstić information content (AvgIpc) is 2.47. The lowest BCUT2D eigenvalue weighted by atomic mass is 10.1. The minimum atomic E-state index is 0.396. The molecule has 1 aromatic rings. The van der Waals surface area contributed by atoms with Crippen LogP contribution in [0.4, 0.5) is 0 Å². The average molecular weight is 168 g/mol. The zero-order valence-corrected chi connectivity index (χ0v) is 7.92. The molecule has 0 fully saturated rings. The lowest BCUT2D eigenvalue weighted by molar-refractivity contribution is 0.459. The van der Waals surface area contributed by atoms with Gasteiger partial charge in [0.1, 0.15) is 5.76 Å². The van der Waals surface area contributed by atoms with Gasteiger partial charge in [-0.05, 0) is 5.92 Å². The largest absolute Gasteiger partial charge is 0.444 e. The highest BCUT2D eigenvalue weighted by molar-refractivity contribution is 5.13. The molecule has 12 heavy (non-hydrogen) atoms. The van der Waals surface area contributed by atoms with Crippen molar-refractivity contribution in [3.63, 3.8) is 0 Å². The predicted octanol–water partition coefficient (Wildman–Crippen LogP) is 1.82. The van der Waals surface area contributed by atoms with Crippen LogP contribution in [0.3, 0.4) is 0 Å². The Hall–Kier alpha value is -0.830. The van der Waals surface area contributed by atoms with Crippen LogP contribution < -0.4 is 5.73 Å². The summed E-state index contributed by atoms with van der Waals surface area (Å²) in [5, 5.41) is 0. The van der Waals surface area contributed by atoms with E-state index in [1.807, 2.05) is 6.92 Å². The molecule has 2 N–H and O–H groups in total. The highest BCUT2D eigenvalue weighted by Gasteiger charge is 2.13. The van der Waals surface area contributed by atoms with Crippen LogP contribution in [0.2, 0.25) is 0 Å². The monoisotopic (exact) mass is 168 g/mol. The van der Waals surface area contributed by atoms with Crippen LogP contribution in [0, 0.1) is 0 Å². The van der Waals surface area contributed by atoms with Crippen LogP contribution in [0.1, 0.15) is 44.0 Å². The molecule has 1 rings (SSSR count). The van der Waals surface area contributed by atoms with Crippen molar-refractivity contribution in [1.29, 1.82) is 0 Å². The summed E-state index contributed by atoms with van der Waals surface area (Å²) in [6.45, 7) is 6.66. The van der Waals surface area contributed by atoms with E-state index in [2.05, 4.69) is 18.8 Å². The van der Waals surface area contributed by atoms with Crippen molar-refractivity contribution in [2.24, 2.45) is 5.73 Å². The van der Waals surface area contributed by atoms with E-state index in [1.54, 1.807) is 0 Å². The maximum atomic E-state index is 5.52. The topological polar surface area (TPSA) is 52.0 Å². The van der Waals surface area contributed by atoms with Gasteiger partial charge in [-0.1, -0.05) is 20.8 Å². The zero-order chi connectivity index (χ0) is 9.14. The molecule has 0 aliphatic rings. The van der Waals surface area contributed by atoms with Crippen molar-refractivity contribution in [2.45, 2.75) is 39.7 Å². The van der Waals surface area contributed by atoms with Gasteiger partial charge in [-0.25, -0.2) is 4.98 Å². The molecule has 0 spiro atoms. The van der Waals surface area contributed by atoms with Crippen LogP contribution >= 0.6 is 0 Å². The fourth-order valence-electron chi connectivity index (χ4n) is 1.16. The number of hydrogen-bond donors (Lipinski definition) is 1. The molecule has 0 unspecified atom stereocenters. The molecule has 0 atom stereocenters. The van der Waals surface area contributed by atoms with Crippen molar-refractivity contribution in [3.8, 4) is 0 Å². The van der Waals surface area contributed by atoms with Gasteiger partial charge in [-0.15, -0.1) is 0 Å². The van der Waals surface area contributed by atoms with Crippen molar-refractivity contribution < 1.29 is 4.42 Å². The van der Waals surface area contributed by atoms with Gasteiger partial charge in [0.05, 0.1) is 12.2 Å². The molecule has 0 radical (unpaired) electrons. The fraction of sp³-hybridized carbons (Fsp3) is 0.667. The Bertz CT molecular complexity index is 253. The van der Waals surface area contributed by atoms with Crippen LogP contribution in [-0.2, 0) is 13.0 Å². The van der Waals surface area contributed by atoms with Gasteiger partial charge in [0, 0.05) is 6.42 Å². The molecule has 0 aliphatic carbocycles. The van der Waals surface area contributed by atoms with Crippen molar-refractivity contribution in [2.75, 3.05) is 0 Å². The molecule has 1 heterocycles. The standard InChI is InChI=1S/C9H16N2O/c1-4-8-11-9(6(2)3)7(5-10)12-8/h6H,4-5,10H2,1-3H3. The second-order valence-electron chi connectivity index (χ2n) is 3.13. The number of nitrogens with two attached hydrogens (primary N) is 1. The van der Waals surface area contributed by atoms with Gasteiger partial charge in [-0.3, -0.25) is 0 Å². The van der Waals surface area contributed by atoms with E-state index in [-0.39, 0.29) is 0 Å². The van der Waals surface area contributed by atoms with Crippen molar-refractivity contribution in [1.82, 2.24) is 4.98 Å². The Kier molecular flexibility index (Phi) is 2.87. The summed E-state index contributed by atoms with van der Waals surface area (Å²) >= 11 is 0. The van der Waals surface area contributed by atoms with Gasteiger partial charge >= 0.3 is 0 Å². The first kappa shape index (κ1) is 9.26. The second kappa shape index (κ2) is 3.72. The summed E-state index contributed by atoms with van der Waals surface area (Å²) < 4.78 is 5.44. The van der Waals surface area contributed by atoms with E-state index in [0.717, 1.165) is 23.8 Å². The van der Waals surface area contributed by atoms with Gasteiger partial charge in [-0.2, -0.15) is 0 Å². The van der Waals surface area contributed by atoms with E-state index in [4.69, 9.17) is 10.2 Å². The first-order chi connectivity index (χ1) is 5.69. The highest BCUT2D eigenvalue weighted by atomic mass is 16.4. The summed E-state index contributed by atoms with van der Waals surface area (Å²) in [4.78, 5) is 4.35. The lowest BCUT2D eigenvalue weighted by Gasteiger charge is -1.99. The Morgan fingerprint density at radius 3 is 2.50 bits per heavy atom. The minimum Gasteiger partial charge on any atom is -0.444 e. The van der Waals surface area contributed by atoms with Gasteiger partial charge in [0.25, 0.3) is 0 Å². The quantitative estimate of drug-likeness (QED) is 0.749. The summed E-state index contributed by atoms with van der Waals surface area (Å²) in [6.07, 6.45) is 0.833. The first-order valence-corrected chi connectivity index (χ1v) is 4.37. The normalized spacial score (nSPS) is 11.1. The van der Waals surface area contributed by atoms with E-state index < -0.39 is 0 Å². The van der Waals surface area contributed by atoms with Gasteiger partial charge < -0.3 is 10.2 Å². The molecule has 0 bridgehead atoms. The molecular weight excluding hydrogens is 152 g/mol. The second-order valence-corrected chi connectivity index (χ2v) is 3.13. The molecule has 0 aromatic carbocycles. The fourth-order valence-corrected chi connectivity index (χ4v) is 1.16. The van der Waals surface area contributed by atoms with Gasteiger partial charge in [0.2, 0.25) is 0 Å². The van der Waals surface area contributed by atoms with E-state index >= 15 is 0 Å². The number of rotatable bonds is 3. The smallest absolute Gasteiger partial charge is 0.194 e. The summed E-state index contributed by atoms with van der Waals surface area (Å²) in [7, 11) is 0. The molecule has 3 heteroatoms. The van der Waals surface area contributed by atoms with Crippen LogP contribution in [0.25, 0.3) is 0 Å². The first-order valence-electron chi connectivity index (χ1n) is 4.37. The molecular formula is C9H16N2O. The maximum absolute atomic E-state index is 5.52. The van der Waals surface area contributed by atoms with Crippen molar-refractivity contribution in [3.05, 3.63) is 17.3 Å². The molecule has 0 aliphatic heterocycles. The van der Waals surface area contributed by atoms with Crippen LogP contribution in [0.15, 0.2) is 4.42 Å². The van der Waals surface area contributed by atoms with Crippen molar-refractivity contribution >= 4 is 0 Å². The third-order valence-corrected chi connectivity index (χ3v) is 1.81. The number of aromatic nitrogens is 1. The van der Waals surface area contributed by atoms with E-state index in [1.165, 1.54) is 0 Å². The van der Waals surface area contributed by atoms with Crippen LogP contribution in [0.5, 0.6) is 0 Å². The number of nitrogens with zero attached hydrogens (tertiary/aromatic N) is 1. The molecule has 0 saturated heterocycles. The highest BCUT2D eigenvalue weighted by Crippen LogP contribution is 2.19.